The smallest absolute Gasteiger partial charge is 0.337 e. The van der Waals surface area contributed by atoms with Crippen molar-refractivity contribution >= 4 is 16.1 Å². The Morgan fingerprint density at radius 3 is 2.36 bits per heavy atom. The summed E-state index contributed by atoms with van der Waals surface area (Å²) >= 11 is 0. The van der Waals surface area contributed by atoms with Crippen molar-refractivity contribution in [1.82, 2.24) is 0 Å². The standard InChI is InChI=1S/C8H8O5S/c1-5-2-3-6(8(9)10)7(4-5)14(11,12)13/h2-4H,1H3,(H,9,10)(H,11,12,13). The van der Waals surface area contributed by atoms with Gasteiger partial charge < -0.3 is 5.11 Å². The van der Waals surface area contributed by atoms with Gasteiger partial charge in [-0.25, -0.2) is 4.79 Å². The molecule has 0 saturated heterocycles. The first-order chi connectivity index (χ1) is 6.32. The van der Waals surface area contributed by atoms with Crippen LogP contribution >= 0.6 is 0 Å². The van der Waals surface area contributed by atoms with Crippen LogP contribution in [-0.4, -0.2) is 24.0 Å². The first kappa shape index (κ1) is 10.7. The SMILES string of the molecule is Cc1ccc(C(=O)O)c(S(=O)(=O)O)c1. The predicted octanol–water partition coefficient (Wildman–Crippen LogP) is 0.940. The highest BCUT2D eigenvalue weighted by atomic mass is 32.2. The van der Waals surface area contributed by atoms with Crippen LogP contribution in [-0.2, 0) is 10.1 Å². The van der Waals surface area contributed by atoms with Crippen LogP contribution in [0, 0.1) is 6.92 Å². The number of hydrogen-bond acceptors (Lipinski definition) is 3. The van der Waals surface area contributed by atoms with Crippen LogP contribution in [0.4, 0.5) is 0 Å². The molecule has 2 N–H and O–H groups in total. The van der Waals surface area contributed by atoms with E-state index in [0.717, 1.165) is 12.1 Å². The second kappa shape index (κ2) is 3.39. The van der Waals surface area contributed by atoms with Crippen LogP contribution in [0.3, 0.4) is 0 Å². The number of carboxylic acids is 1. The number of hydrogen-bond donors (Lipinski definition) is 2. The van der Waals surface area contributed by atoms with Crippen LogP contribution < -0.4 is 0 Å². The summed E-state index contributed by atoms with van der Waals surface area (Å²) in [6, 6.07) is 3.71. The first-order valence-electron chi connectivity index (χ1n) is 3.64. The minimum Gasteiger partial charge on any atom is -0.478 e. The number of benzene rings is 1. The van der Waals surface area contributed by atoms with Crippen molar-refractivity contribution in [1.29, 1.82) is 0 Å². The Morgan fingerprint density at radius 2 is 1.93 bits per heavy atom. The number of rotatable bonds is 2. The number of aromatic carboxylic acids is 1. The fourth-order valence-corrected chi connectivity index (χ4v) is 1.79. The summed E-state index contributed by atoms with van der Waals surface area (Å²) in [5.41, 5.74) is 0.126. The highest BCUT2D eigenvalue weighted by molar-refractivity contribution is 7.86. The average Bonchev–Trinajstić information content (AvgIpc) is 2.01. The van der Waals surface area contributed by atoms with E-state index in [-0.39, 0.29) is 0 Å². The van der Waals surface area contributed by atoms with E-state index in [1.807, 2.05) is 0 Å². The molecule has 0 atom stereocenters. The second-order valence-corrected chi connectivity index (χ2v) is 4.17. The minimum atomic E-state index is -4.48. The van der Waals surface area contributed by atoms with Crippen LogP contribution in [0.15, 0.2) is 23.1 Å². The molecule has 0 saturated carbocycles. The van der Waals surface area contributed by atoms with E-state index in [1.54, 1.807) is 6.92 Å². The molecule has 0 unspecified atom stereocenters. The zero-order chi connectivity index (χ0) is 10.9. The third-order valence-electron chi connectivity index (χ3n) is 1.65. The Morgan fingerprint density at radius 1 is 1.36 bits per heavy atom. The van der Waals surface area contributed by atoms with Crippen molar-refractivity contribution in [2.45, 2.75) is 11.8 Å². The fraction of sp³-hybridized carbons (Fsp3) is 0.125. The van der Waals surface area contributed by atoms with Gasteiger partial charge in [-0.15, -0.1) is 0 Å². The molecular formula is C8H8O5S. The van der Waals surface area contributed by atoms with E-state index in [1.165, 1.54) is 6.07 Å². The molecule has 0 amide bonds. The molecule has 6 heteroatoms. The lowest BCUT2D eigenvalue weighted by Crippen LogP contribution is -2.08. The lowest BCUT2D eigenvalue weighted by Gasteiger charge is -2.03. The number of carbonyl (C=O) groups is 1. The minimum absolute atomic E-state index is 0.432. The molecule has 0 aliphatic heterocycles. The molecule has 5 nitrogen and oxygen atoms in total. The van der Waals surface area contributed by atoms with E-state index in [2.05, 4.69) is 0 Å². The van der Waals surface area contributed by atoms with Crippen molar-refractivity contribution < 1.29 is 22.9 Å². The van der Waals surface area contributed by atoms with Gasteiger partial charge in [0.05, 0.1) is 5.56 Å². The molecule has 1 rings (SSSR count). The third-order valence-corrected chi connectivity index (χ3v) is 2.54. The van der Waals surface area contributed by atoms with Gasteiger partial charge in [0.25, 0.3) is 10.1 Å². The Bertz CT molecular complexity index is 475. The lowest BCUT2D eigenvalue weighted by atomic mass is 10.1. The summed E-state index contributed by atoms with van der Waals surface area (Å²) in [6.07, 6.45) is 0. The zero-order valence-electron chi connectivity index (χ0n) is 7.26. The Kier molecular flexibility index (Phi) is 2.59. The van der Waals surface area contributed by atoms with Gasteiger partial charge in [0, 0.05) is 0 Å². The topological polar surface area (TPSA) is 91.7 Å². The highest BCUT2D eigenvalue weighted by Crippen LogP contribution is 2.17. The van der Waals surface area contributed by atoms with Gasteiger partial charge >= 0.3 is 5.97 Å². The van der Waals surface area contributed by atoms with Gasteiger partial charge in [0.2, 0.25) is 0 Å². The molecule has 0 bridgehead atoms. The molecular weight excluding hydrogens is 208 g/mol. The number of aryl methyl sites for hydroxylation is 1. The third kappa shape index (κ3) is 2.09. The van der Waals surface area contributed by atoms with Crippen molar-refractivity contribution in [3.63, 3.8) is 0 Å². The van der Waals surface area contributed by atoms with E-state index >= 15 is 0 Å². The molecule has 76 valence electrons. The van der Waals surface area contributed by atoms with Crippen LogP contribution in [0.1, 0.15) is 15.9 Å². The summed E-state index contributed by atoms with van der Waals surface area (Å²) in [7, 11) is -4.48. The van der Waals surface area contributed by atoms with Crippen LogP contribution in [0.2, 0.25) is 0 Å². The van der Waals surface area contributed by atoms with Crippen molar-refractivity contribution in [2.75, 3.05) is 0 Å². The molecule has 14 heavy (non-hydrogen) atoms. The Balaban J connectivity index is 3.54. The lowest BCUT2D eigenvalue weighted by molar-refractivity contribution is 0.0692. The summed E-state index contributed by atoms with van der Waals surface area (Å²) < 4.78 is 30.4. The van der Waals surface area contributed by atoms with Gasteiger partial charge in [-0.05, 0) is 24.6 Å². The maximum atomic E-state index is 10.8. The first-order valence-corrected chi connectivity index (χ1v) is 5.08. The monoisotopic (exact) mass is 216 g/mol. The maximum absolute atomic E-state index is 10.8. The average molecular weight is 216 g/mol. The fourth-order valence-electron chi connectivity index (χ4n) is 1.02. The van der Waals surface area contributed by atoms with E-state index in [4.69, 9.17) is 9.66 Å². The molecule has 1 aromatic rings. The second-order valence-electron chi connectivity index (χ2n) is 2.78. The number of carboxylic acid groups (broad SMARTS) is 1. The van der Waals surface area contributed by atoms with Crippen molar-refractivity contribution in [2.24, 2.45) is 0 Å². The molecule has 1 aromatic carbocycles. The van der Waals surface area contributed by atoms with E-state index in [0.29, 0.717) is 5.56 Å². The maximum Gasteiger partial charge on any atom is 0.337 e. The van der Waals surface area contributed by atoms with Gasteiger partial charge in [0.15, 0.2) is 0 Å². The van der Waals surface area contributed by atoms with E-state index in [9.17, 15) is 13.2 Å². The van der Waals surface area contributed by atoms with Gasteiger partial charge in [-0.2, -0.15) is 8.42 Å². The molecule has 0 spiro atoms. The van der Waals surface area contributed by atoms with Crippen molar-refractivity contribution in [3.8, 4) is 0 Å². The van der Waals surface area contributed by atoms with Crippen molar-refractivity contribution in [3.05, 3.63) is 29.3 Å². The van der Waals surface area contributed by atoms with Crippen LogP contribution in [0.25, 0.3) is 0 Å². The summed E-state index contributed by atoms with van der Waals surface area (Å²) in [6.45, 7) is 1.60. The summed E-state index contributed by atoms with van der Waals surface area (Å²) in [4.78, 5) is 10.0. The molecule has 0 aromatic heterocycles. The quantitative estimate of drug-likeness (QED) is 0.718. The largest absolute Gasteiger partial charge is 0.478 e. The van der Waals surface area contributed by atoms with E-state index < -0.39 is 26.5 Å². The zero-order valence-corrected chi connectivity index (χ0v) is 8.08. The van der Waals surface area contributed by atoms with Crippen LogP contribution in [0.5, 0.6) is 0 Å². The Hall–Kier alpha value is -1.40. The molecule has 0 aliphatic carbocycles. The Labute approximate surface area is 80.7 Å². The molecule has 0 fully saturated rings. The van der Waals surface area contributed by atoms with Gasteiger partial charge in [-0.1, -0.05) is 6.07 Å². The molecule has 0 heterocycles. The summed E-state index contributed by atoms with van der Waals surface area (Å²) in [5, 5.41) is 8.64. The van der Waals surface area contributed by atoms with Gasteiger partial charge in [0.1, 0.15) is 4.90 Å². The molecule has 0 aliphatic rings. The summed E-state index contributed by atoms with van der Waals surface area (Å²) in [5.74, 6) is -1.39. The molecule has 0 radical (unpaired) electrons. The normalized spacial score (nSPS) is 11.3. The highest BCUT2D eigenvalue weighted by Gasteiger charge is 2.19. The predicted molar refractivity (Wildman–Crippen MR) is 48.0 cm³/mol. The van der Waals surface area contributed by atoms with Gasteiger partial charge in [-0.3, -0.25) is 4.55 Å².